The number of anilines is 1. The fourth-order valence-electron chi connectivity index (χ4n) is 1.97. The number of carbonyl (C=O) groups excluding carboxylic acids is 1. The first kappa shape index (κ1) is 15.4. The van der Waals surface area contributed by atoms with Crippen molar-refractivity contribution in [3.8, 4) is 5.75 Å². The van der Waals surface area contributed by atoms with Gasteiger partial charge in [-0.25, -0.2) is 0 Å². The van der Waals surface area contributed by atoms with Gasteiger partial charge in [0.15, 0.2) is 0 Å². The van der Waals surface area contributed by atoms with Gasteiger partial charge in [0.05, 0.1) is 12.7 Å². The molecule has 0 saturated heterocycles. The van der Waals surface area contributed by atoms with Crippen molar-refractivity contribution in [1.82, 2.24) is 5.32 Å². The van der Waals surface area contributed by atoms with E-state index < -0.39 is 0 Å². The van der Waals surface area contributed by atoms with Gasteiger partial charge in [-0.05, 0) is 45.8 Å². The van der Waals surface area contributed by atoms with Gasteiger partial charge in [0, 0.05) is 23.8 Å². The van der Waals surface area contributed by atoms with Crippen LogP contribution in [0.4, 0.5) is 5.69 Å². The molecule has 1 amide bonds. The number of benzene rings is 2. The van der Waals surface area contributed by atoms with E-state index in [1.54, 1.807) is 14.2 Å². The van der Waals surface area contributed by atoms with E-state index in [-0.39, 0.29) is 5.91 Å². The van der Waals surface area contributed by atoms with Gasteiger partial charge in [0.1, 0.15) is 5.75 Å². The third-order valence-corrected chi connectivity index (χ3v) is 3.77. The highest BCUT2D eigenvalue weighted by molar-refractivity contribution is 9.10. The minimum Gasteiger partial charge on any atom is -0.497 e. The zero-order valence-corrected chi connectivity index (χ0v) is 13.5. The molecule has 0 aliphatic carbocycles. The molecule has 0 unspecified atom stereocenters. The highest BCUT2D eigenvalue weighted by Gasteiger charge is 2.13. The van der Waals surface area contributed by atoms with Crippen LogP contribution < -0.4 is 15.4 Å². The molecule has 2 rings (SSSR count). The molecule has 0 aliphatic rings. The van der Waals surface area contributed by atoms with Crippen LogP contribution in [-0.2, 0) is 6.54 Å². The molecule has 110 valence electrons. The van der Waals surface area contributed by atoms with Crippen molar-refractivity contribution in [1.29, 1.82) is 0 Å². The van der Waals surface area contributed by atoms with Gasteiger partial charge in [-0.2, -0.15) is 0 Å². The second kappa shape index (κ2) is 7.13. The quantitative estimate of drug-likeness (QED) is 0.870. The summed E-state index contributed by atoms with van der Waals surface area (Å²) >= 11 is 3.42. The van der Waals surface area contributed by atoms with Crippen LogP contribution in [0, 0.1) is 0 Å². The molecule has 0 radical (unpaired) electrons. The van der Waals surface area contributed by atoms with E-state index in [0.29, 0.717) is 12.1 Å². The van der Waals surface area contributed by atoms with Crippen LogP contribution in [-0.4, -0.2) is 20.1 Å². The first-order chi connectivity index (χ1) is 10.2. The van der Waals surface area contributed by atoms with E-state index in [0.717, 1.165) is 21.5 Å². The minimum absolute atomic E-state index is 0.125. The van der Waals surface area contributed by atoms with Gasteiger partial charge in [0.25, 0.3) is 5.91 Å². The number of amides is 1. The monoisotopic (exact) mass is 348 g/mol. The Labute approximate surface area is 132 Å². The summed E-state index contributed by atoms with van der Waals surface area (Å²) in [6, 6.07) is 13.4. The summed E-state index contributed by atoms with van der Waals surface area (Å²) in [5, 5.41) is 5.94. The molecule has 0 bridgehead atoms. The molecule has 0 atom stereocenters. The highest BCUT2D eigenvalue weighted by Crippen LogP contribution is 2.25. The minimum atomic E-state index is -0.125. The molecule has 4 nitrogen and oxygen atoms in total. The number of hydrogen-bond acceptors (Lipinski definition) is 3. The van der Waals surface area contributed by atoms with E-state index in [4.69, 9.17) is 4.74 Å². The molecule has 21 heavy (non-hydrogen) atoms. The molecular weight excluding hydrogens is 332 g/mol. The van der Waals surface area contributed by atoms with Gasteiger partial charge >= 0.3 is 0 Å². The molecule has 0 aromatic heterocycles. The fourth-order valence-corrected chi connectivity index (χ4v) is 2.51. The lowest BCUT2D eigenvalue weighted by Crippen LogP contribution is -2.20. The van der Waals surface area contributed by atoms with E-state index in [9.17, 15) is 4.79 Å². The van der Waals surface area contributed by atoms with E-state index in [2.05, 4.69) is 26.6 Å². The predicted octanol–water partition coefficient (Wildman–Crippen LogP) is 3.43. The van der Waals surface area contributed by atoms with Crippen molar-refractivity contribution in [3.05, 3.63) is 58.1 Å². The molecule has 2 N–H and O–H groups in total. The van der Waals surface area contributed by atoms with Gasteiger partial charge in [-0.15, -0.1) is 0 Å². The lowest BCUT2D eigenvalue weighted by atomic mass is 10.1. The van der Waals surface area contributed by atoms with Crippen LogP contribution in [0.3, 0.4) is 0 Å². The number of rotatable bonds is 5. The molecule has 0 heterocycles. The molecule has 2 aromatic carbocycles. The van der Waals surface area contributed by atoms with Crippen molar-refractivity contribution >= 4 is 27.5 Å². The largest absolute Gasteiger partial charge is 0.497 e. The van der Waals surface area contributed by atoms with Crippen LogP contribution in [0.15, 0.2) is 46.9 Å². The maximum atomic E-state index is 12.0. The lowest BCUT2D eigenvalue weighted by Gasteiger charge is -2.13. The van der Waals surface area contributed by atoms with Gasteiger partial charge in [0.2, 0.25) is 0 Å². The summed E-state index contributed by atoms with van der Waals surface area (Å²) in [5.41, 5.74) is 2.51. The van der Waals surface area contributed by atoms with Gasteiger partial charge in [-0.3, -0.25) is 4.79 Å². The second-order valence-electron chi connectivity index (χ2n) is 4.44. The average Bonchev–Trinajstić information content (AvgIpc) is 2.52. The van der Waals surface area contributed by atoms with Gasteiger partial charge < -0.3 is 15.4 Å². The summed E-state index contributed by atoms with van der Waals surface area (Å²) in [6.07, 6.45) is 0. The van der Waals surface area contributed by atoms with Crippen molar-refractivity contribution in [2.45, 2.75) is 6.54 Å². The third kappa shape index (κ3) is 3.76. The molecular formula is C16H17BrN2O2. The molecule has 0 saturated carbocycles. The third-order valence-electron chi connectivity index (χ3n) is 3.11. The molecule has 5 heteroatoms. The van der Waals surface area contributed by atoms with E-state index in [1.165, 1.54) is 0 Å². The Hall–Kier alpha value is -2.01. The molecule has 0 aliphatic heterocycles. The molecule has 2 aromatic rings. The number of methoxy groups -OCH3 is 1. The predicted molar refractivity (Wildman–Crippen MR) is 87.9 cm³/mol. The zero-order chi connectivity index (χ0) is 15.2. The first-order valence-electron chi connectivity index (χ1n) is 6.53. The molecule has 0 fully saturated rings. The molecule has 0 spiro atoms. The highest BCUT2D eigenvalue weighted by atomic mass is 79.9. The van der Waals surface area contributed by atoms with Crippen molar-refractivity contribution < 1.29 is 9.53 Å². The summed E-state index contributed by atoms with van der Waals surface area (Å²) in [4.78, 5) is 12.0. The van der Waals surface area contributed by atoms with Crippen LogP contribution in [0.25, 0.3) is 0 Å². The van der Waals surface area contributed by atoms with Crippen molar-refractivity contribution in [2.75, 3.05) is 19.5 Å². The number of hydrogen-bond donors (Lipinski definition) is 2. The lowest BCUT2D eigenvalue weighted by molar-refractivity contribution is 0.0963. The number of ether oxygens (including phenoxy) is 1. The number of halogens is 1. The summed E-state index contributed by atoms with van der Waals surface area (Å²) in [5.74, 6) is 0.701. The van der Waals surface area contributed by atoms with Crippen molar-refractivity contribution in [2.24, 2.45) is 0 Å². The summed E-state index contributed by atoms with van der Waals surface area (Å²) in [7, 11) is 3.26. The second-order valence-corrected chi connectivity index (χ2v) is 5.30. The summed E-state index contributed by atoms with van der Waals surface area (Å²) < 4.78 is 5.90. The zero-order valence-electron chi connectivity index (χ0n) is 11.9. The van der Waals surface area contributed by atoms with Crippen molar-refractivity contribution in [3.63, 3.8) is 0 Å². The Morgan fingerprint density at radius 2 is 1.90 bits per heavy atom. The first-order valence-corrected chi connectivity index (χ1v) is 7.32. The maximum absolute atomic E-state index is 12.0. The Bertz CT molecular complexity index is 627. The smallest absolute Gasteiger partial charge is 0.254 e. The normalized spacial score (nSPS) is 10.0. The number of nitrogens with one attached hydrogen (secondary N) is 2. The van der Waals surface area contributed by atoms with Crippen LogP contribution in [0.5, 0.6) is 5.75 Å². The Kier molecular flexibility index (Phi) is 5.22. The topological polar surface area (TPSA) is 50.4 Å². The van der Waals surface area contributed by atoms with E-state index in [1.807, 2.05) is 42.5 Å². The van der Waals surface area contributed by atoms with Crippen LogP contribution >= 0.6 is 15.9 Å². The fraction of sp³-hybridized carbons (Fsp3) is 0.188. The SMILES string of the molecule is CNC(=O)c1c(Br)cccc1NCc1ccc(OC)cc1. The van der Waals surface area contributed by atoms with E-state index >= 15 is 0 Å². The Morgan fingerprint density at radius 1 is 1.19 bits per heavy atom. The number of carbonyl (C=O) groups is 1. The van der Waals surface area contributed by atoms with Crippen LogP contribution in [0.2, 0.25) is 0 Å². The van der Waals surface area contributed by atoms with Gasteiger partial charge in [-0.1, -0.05) is 18.2 Å². The summed E-state index contributed by atoms with van der Waals surface area (Å²) in [6.45, 7) is 0.629. The Balaban J connectivity index is 2.15. The average molecular weight is 349 g/mol. The standard InChI is InChI=1S/C16H17BrN2O2/c1-18-16(20)15-13(17)4-3-5-14(15)19-10-11-6-8-12(21-2)9-7-11/h3-9,19H,10H2,1-2H3,(H,18,20). The van der Waals surface area contributed by atoms with Crippen LogP contribution in [0.1, 0.15) is 15.9 Å². The Morgan fingerprint density at radius 3 is 2.52 bits per heavy atom. The maximum Gasteiger partial charge on any atom is 0.254 e.